The molecule has 36 heavy (non-hydrogen) atoms. The van der Waals surface area contributed by atoms with Crippen LogP contribution in [0.25, 0.3) is 11.0 Å². The summed E-state index contributed by atoms with van der Waals surface area (Å²) < 4.78 is 17.2. The number of nitrogens with one attached hydrogen (secondary N) is 2. The highest BCUT2D eigenvalue weighted by Gasteiger charge is 2.49. The van der Waals surface area contributed by atoms with Gasteiger partial charge in [0.05, 0.1) is 36.2 Å². The molecule has 0 radical (unpaired) electrons. The molecule has 10 nitrogen and oxygen atoms in total. The molecule has 3 aromatic heterocycles. The highest BCUT2D eigenvalue weighted by atomic mass is 35.5. The minimum Gasteiger partial charge on any atom is -0.481 e. The molecule has 3 fully saturated rings. The first-order valence-electron chi connectivity index (χ1n) is 12.0. The highest BCUT2D eigenvalue weighted by molar-refractivity contribution is 5.94. The molecule has 1 saturated carbocycles. The van der Waals surface area contributed by atoms with Crippen molar-refractivity contribution in [2.45, 2.75) is 56.2 Å². The normalized spacial score (nSPS) is 24.4. The van der Waals surface area contributed by atoms with Crippen LogP contribution in [-0.2, 0) is 22.5 Å². The molecule has 1 aliphatic carbocycles. The highest BCUT2D eigenvalue weighted by Crippen LogP contribution is 2.46. The number of hydrogen-bond donors (Lipinski definition) is 2. The van der Waals surface area contributed by atoms with Crippen LogP contribution in [0, 0.1) is 0 Å². The predicted octanol–water partition coefficient (Wildman–Crippen LogP) is 2.99. The number of methoxy groups -OCH3 is 1. The van der Waals surface area contributed by atoms with Gasteiger partial charge in [-0.25, -0.2) is 19.9 Å². The molecule has 11 heteroatoms. The van der Waals surface area contributed by atoms with Crippen molar-refractivity contribution < 1.29 is 19.0 Å². The number of aryl methyl sites for hydroxylation is 1. The maximum Gasteiger partial charge on any atom is 0.263 e. The van der Waals surface area contributed by atoms with E-state index in [1.54, 1.807) is 13.4 Å². The van der Waals surface area contributed by atoms with Crippen LogP contribution in [0.4, 0.5) is 5.82 Å². The molecule has 2 saturated heterocycles. The predicted molar refractivity (Wildman–Crippen MR) is 135 cm³/mol. The third-order valence-corrected chi connectivity index (χ3v) is 7.51. The Bertz CT molecular complexity index is 1260. The monoisotopic (exact) mass is 512 g/mol. The van der Waals surface area contributed by atoms with E-state index in [1.165, 1.54) is 0 Å². The van der Waals surface area contributed by atoms with E-state index in [1.807, 2.05) is 24.3 Å². The molecule has 3 aliphatic heterocycles. The Morgan fingerprint density at radius 1 is 1.11 bits per heavy atom. The summed E-state index contributed by atoms with van der Waals surface area (Å²) in [4.78, 5) is 29.6. The number of nitrogens with zero attached hydrogens (tertiary/aromatic N) is 4. The minimum atomic E-state index is -0.178. The van der Waals surface area contributed by atoms with Crippen LogP contribution in [0.3, 0.4) is 0 Å². The van der Waals surface area contributed by atoms with Gasteiger partial charge in [-0.05, 0) is 56.7 Å². The van der Waals surface area contributed by atoms with E-state index in [2.05, 4.69) is 30.6 Å². The molecule has 0 atom stereocenters. The first-order chi connectivity index (χ1) is 17.1. The van der Waals surface area contributed by atoms with Crippen LogP contribution in [0.5, 0.6) is 11.6 Å². The Hall–Kier alpha value is -3.08. The van der Waals surface area contributed by atoms with Crippen molar-refractivity contribution in [2.24, 2.45) is 0 Å². The molecule has 0 unspecified atom stereocenters. The molecule has 2 N–H and O–H groups in total. The van der Waals surface area contributed by atoms with Crippen molar-refractivity contribution in [3.63, 3.8) is 0 Å². The second-order valence-electron chi connectivity index (χ2n) is 9.63. The van der Waals surface area contributed by atoms with Crippen molar-refractivity contribution >= 4 is 35.2 Å². The van der Waals surface area contributed by atoms with Crippen LogP contribution in [0.15, 0.2) is 30.6 Å². The lowest BCUT2D eigenvalue weighted by molar-refractivity contribution is -0.165. The van der Waals surface area contributed by atoms with Crippen molar-refractivity contribution in [1.29, 1.82) is 0 Å². The number of pyridine rings is 2. The summed E-state index contributed by atoms with van der Waals surface area (Å²) in [7, 11) is 1.61. The molecule has 3 aromatic rings. The number of anilines is 1. The van der Waals surface area contributed by atoms with Gasteiger partial charge in [0.1, 0.15) is 11.8 Å². The Morgan fingerprint density at radius 2 is 1.97 bits per heavy atom. The third-order valence-electron chi connectivity index (χ3n) is 7.51. The van der Waals surface area contributed by atoms with E-state index in [0.717, 1.165) is 60.9 Å². The van der Waals surface area contributed by atoms with Crippen molar-refractivity contribution in [2.75, 3.05) is 25.6 Å². The average Bonchev–Trinajstić information content (AvgIpc) is 2.91. The smallest absolute Gasteiger partial charge is 0.263 e. The SMILES string of the molecule is COc1ccc2ncnc(CCC34CCC(NCc5ccc6c(n5)NC(=O)CO6)(CC3)CO4)c2n1.Cl. The number of hydrogen-bond acceptors (Lipinski definition) is 9. The minimum absolute atomic E-state index is 0. The second-order valence-corrected chi connectivity index (χ2v) is 9.63. The van der Waals surface area contributed by atoms with Gasteiger partial charge < -0.3 is 24.8 Å². The lowest BCUT2D eigenvalue weighted by Crippen LogP contribution is -2.61. The maximum atomic E-state index is 11.6. The van der Waals surface area contributed by atoms with Crippen molar-refractivity contribution in [1.82, 2.24) is 25.3 Å². The molecule has 6 heterocycles. The first kappa shape index (κ1) is 24.6. The first-order valence-corrected chi connectivity index (χ1v) is 12.0. The molecule has 190 valence electrons. The summed E-state index contributed by atoms with van der Waals surface area (Å²) in [5.74, 6) is 1.49. The number of aromatic nitrogens is 4. The number of amides is 1. The van der Waals surface area contributed by atoms with Crippen molar-refractivity contribution in [3.8, 4) is 11.6 Å². The van der Waals surface area contributed by atoms with Crippen LogP contribution in [-0.4, -0.2) is 57.3 Å². The molecule has 1 amide bonds. The van der Waals surface area contributed by atoms with Gasteiger partial charge in [-0.1, -0.05) is 0 Å². The van der Waals surface area contributed by atoms with Gasteiger partial charge in [-0.2, -0.15) is 0 Å². The average molecular weight is 513 g/mol. The Labute approximate surface area is 215 Å². The Balaban J connectivity index is 0.00000267. The summed E-state index contributed by atoms with van der Waals surface area (Å²) in [6.07, 6.45) is 7.39. The molecule has 4 aliphatic rings. The zero-order valence-corrected chi connectivity index (χ0v) is 20.9. The zero-order valence-electron chi connectivity index (χ0n) is 20.1. The van der Waals surface area contributed by atoms with Gasteiger partial charge in [-0.15, -0.1) is 12.4 Å². The number of halogens is 1. The number of rotatable bonds is 7. The van der Waals surface area contributed by atoms with Gasteiger partial charge in [0, 0.05) is 18.2 Å². The molecule has 7 rings (SSSR count). The van der Waals surface area contributed by atoms with Gasteiger partial charge in [0.25, 0.3) is 5.91 Å². The lowest BCUT2D eigenvalue weighted by Gasteiger charge is -2.53. The van der Waals surface area contributed by atoms with E-state index in [-0.39, 0.29) is 36.1 Å². The second kappa shape index (κ2) is 9.76. The fourth-order valence-electron chi connectivity index (χ4n) is 5.31. The fraction of sp³-hybridized carbons (Fsp3) is 0.480. The molecule has 2 bridgehead atoms. The number of ether oxygens (including phenoxy) is 3. The summed E-state index contributed by atoms with van der Waals surface area (Å²) in [5, 5.41) is 6.47. The van der Waals surface area contributed by atoms with E-state index in [0.29, 0.717) is 30.6 Å². The van der Waals surface area contributed by atoms with Gasteiger partial charge in [0.2, 0.25) is 5.88 Å². The Morgan fingerprint density at radius 3 is 2.75 bits per heavy atom. The standard InChI is InChI=1S/C25H28N6O4.ClH/c1-33-21-5-3-17-22(31-21)18(27-15-26-17)6-7-25-10-8-24(9-11-25,14-35-25)28-12-16-2-4-19-23(29-16)30-20(32)13-34-19;/h2-5,15,28H,6-14H2,1H3,(H,29,30,32);1H. The number of fused-ring (bicyclic) bond motifs is 5. The van der Waals surface area contributed by atoms with E-state index in [9.17, 15) is 4.79 Å². The van der Waals surface area contributed by atoms with Gasteiger partial charge in [0.15, 0.2) is 18.2 Å². The molecular formula is C25H29ClN6O4. The fourth-order valence-corrected chi connectivity index (χ4v) is 5.31. The largest absolute Gasteiger partial charge is 0.481 e. The lowest BCUT2D eigenvalue weighted by atomic mass is 9.69. The number of carbonyl (C=O) groups is 1. The molecular weight excluding hydrogens is 484 g/mol. The third kappa shape index (κ3) is 4.68. The maximum absolute atomic E-state index is 11.6. The Kier molecular flexibility index (Phi) is 6.67. The van der Waals surface area contributed by atoms with Gasteiger partial charge >= 0.3 is 0 Å². The van der Waals surface area contributed by atoms with E-state index < -0.39 is 0 Å². The number of carbonyl (C=O) groups excluding carboxylic acids is 1. The van der Waals surface area contributed by atoms with Crippen LogP contribution >= 0.6 is 12.4 Å². The quantitative estimate of drug-likeness (QED) is 0.492. The summed E-state index contributed by atoms with van der Waals surface area (Å²) in [6, 6.07) is 7.53. The molecule has 0 spiro atoms. The summed E-state index contributed by atoms with van der Waals surface area (Å²) >= 11 is 0. The molecule has 0 aromatic carbocycles. The van der Waals surface area contributed by atoms with E-state index in [4.69, 9.17) is 14.2 Å². The summed E-state index contributed by atoms with van der Waals surface area (Å²) in [5.41, 5.74) is 3.25. The van der Waals surface area contributed by atoms with Crippen molar-refractivity contribution in [3.05, 3.63) is 42.0 Å². The van der Waals surface area contributed by atoms with Gasteiger partial charge in [-0.3, -0.25) is 4.79 Å². The topological polar surface area (TPSA) is 120 Å². The van der Waals surface area contributed by atoms with Crippen LogP contribution in [0.2, 0.25) is 0 Å². The zero-order chi connectivity index (χ0) is 23.9. The summed E-state index contributed by atoms with van der Waals surface area (Å²) in [6.45, 7) is 1.32. The van der Waals surface area contributed by atoms with E-state index >= 15 is 0 Å². The van der Waals surface area contributed by atoms with Crippen LogP contribution in [0.1, 0.15) is 43.5 Å². The van der Waals surface area contributed by atoms with Crippen LogP contribution < -0.4 is 20.1 Å².